The molecule has 2 N–H and O–H groups in total. The fourth-order valence-electron chi connectivity index (χ4n) is 2.82. The zero-order valence-electron chi connectivity index (χ0n) is 12.6. The van der Waals surface area contributed by atoms with E-state index in [1.54, 1.807) is 20.4 Å². The Kier molecular flexibility index (Phi) is 5.76. The molecule has 1 aromatic rings. The van der Waals surface area contributed by atoms with Gasteiger partial charge in [0.1, 0.15) is 0 Å². The van der Waals surface area contributed by atoms with Crippen molar-refractivity contribution in [2.24, 2.45) is 0 Å². The van der Waals surface area contributed by atoms with Crippen LogP contribution in [-0.4, -0.2) is 36.5 Å². The molecular weight excluding hydrogens is 286 g/mol. The van der Waals surface area contributed by atoms with Gasteiger partial charge in [-0.25, -0.2) is 4.98 Å². The number of hydrogen-bond donors (Lipinski definition) is 2. The summed E-state index contributed by atoms with van der Waals surface area (Å²) in [7, 11) is 3.35. The van der Waals surface area contributed by atoms with Gasteiger partial charge in [-0.05, 0) is 43.6 Å². The fraction of sp³-hybridized carbons (Fsp3) is 0.600. The number of rotatable bonds is 6. The maximum Gasteiger partial charge on any atom is 0.174 e. The van der Waals surface area contributed by atoms with Crippen LogP contribution < -0.4 is 15.4 Å². The predicted molar refractivity (Wildman–Crippen MR) is 87.8 cm³/mol. The molecule has 0 aliphatic heterocycles. The van der Waals surface area contributed by atoms with Crippen LogP contribution in [0.3, 0.4) is 0 Å². The van der Waals surface area contributed by atoms with Crippen molar-refractivity contribution in [3.8, 4) is 5.75 Å². The number of ether oxygens (including phenoxy) is 2. The molecule has 0 spiro atoms. The number of hydrogen-bond acceptors (Lipinski definition) is 4. The number of anilines is 1. The monoisotopic (exact) mass is 309 g/mol. The molecule has 0 unspecified atom stereocenters. The van der Waals surface area contributed by atoms with Crippen LogP contribution in [0.15, 0.2) is 18.3 Å². The zero-order valence-corrected chi connectivity index (χ0v) is 13.5. The number of pyridine rings is 1. The Bertz CT molecular complexity index is 476. The molecule has 116 valence electrons. The first-order valence-electron chi connectivity index (χ1n) is 7.26. The lowest BCUT2D eigenvalue weighted by atomic mass is 9.94. The summed E-state index contributed by atoms with van der Waals surface area (Å²) < 4.78 is 10.5. The van der Waals surface area contributed by atoms with Gasteiger partial charge < -0.3 is 20.1 Å². The summed E-state index contributed by atoms with van der Waals surface area (Å²) in [5.41, 5.74) is 0.0438. The average molecular weight is 309 g/mol. The van der Waals surface area contributed by atoms with E-state index in [1.165, 1.54) is 12.8 Å². The van der Waals surface area contributed by atoms with E-state index in [4.69, 9.17) is 21.7 Å². The highest BCUT2D eigenvalue weighted by Crippen LogP contribution is 2.33. The highest BCUT2D eigenvalue weighted by atomic mass is 32.1. The number of aromatic nitrogens is 1. The van der Waals surface area contributed by atoms with Gasteiger partial charge in [-0.15, -0.1) is 0 Å². The van der Waals surface area contributed by atoms with Crippen molar-refractivity contribution >= 4 is 23.1 Å². The van der Waals surface area contributed by atoms with Crippen LogP contribution in [0.1, 0.15) is 32.1 Å². The molecular formula is C15H23N3O2S. The topological polar surface area (TPSA) is 55.4 Å². The highest BCUT2D eigenvalue weighted by molar-refractivity contribution is 7.80. The lowest BCUT2D eigenvalue weighted by Crippen LogP contribution is -2.48. The average Bonchev–Trinajstić information content (AvgIpc) is 2.94. The summed E-state index contributed by atoms with van der Waals surface area (Å²) in [6.07, 6.45) is 7.38. The second-order valence-corrected chi connectivity index (χ2v) is 5.77. The van der Waals surface area contributed by atoms with Crippen LogP contribution in [0.2, 0.25) is 0 Å². The van der Waals surface area contributed by atoms with Crippen LogP contribution in [0, 0.1) is 0 Å². The minimum atomic E-state index is 0.0438. The maximum absolute atomic E-state index is 5.44. The first-order chi connectivity index (χ1) is 10.2. The molecule has 0 radical (unpaired) electrons. The van der Waals surface area contributed by atoms with Gasteiger partial charge in [0.2, 0.25) is 0 Å². The van der Waals surface area contributed by atoms with E-state index in [2.05, 4.69) is 15.6 Å². The minimum Gasteiger partial charge on any atom is -0.493 e. The first-order valence-corrected chi connectivity index (χ1v) is 7.67. The summed E-state index contributed by atoms with van der Waals surface area (Å²) in [5.74, 6) is 1.32. The summed E-state index contributed by atoms with van der Waals surface area (Å²) >= 11 is 5.44. The molecule has 2 rings (SSSR count). The van der Waals surface area contributed by atoms with E-state index >= 15 is 0 Å². The van der Waals surface area contributed by atoms with Crippen LogP contribution in [0.5, 0.6) is 5.75 Å². The molecule has 6 heteroatoms. The van der Waals surface area contributed by atoms with E-state index in [-0.39, 0.29) is 5.54 Å². The third-order valence-electron chi connectivity index (χ3n) is 3.95. The van der Waals surface area contributed by atoms with Gasteiger partial charge in [0, 0.05) is 25.5 Å². The predicted octanol–water partition coefficient (Wildman–Crippen LogP) is 2.73. The van der Waals surface area contributed by atoms with Gasteiger partial charge >= 0.3 is 0 Å². The largest absolute Gasteiger partial charge is 0.493 e. The molecule has 1 heterocycles. The SMILES string of the molecule is COCCC1(NC(=S)Nc2ncccc2OC)CCCC1. The molecule has 0 atom stereocenters. The van der Waals surface area contributed by atoms with Crippen LogP contribution >= 0.6 is 12.2 Å². The first kappa shape index (κ1) is 16.0. The van der Waals surface area contributed by atoms with Crippen molar-refractivity contribution < 1.29 is 9.47 Å². The molecule has 1 fully saturated rings. The van der Waals surface area contributed by atoms with Gasteiger partial charge in [0.15, 0.2) is 16.7 Å². The molecule has 0 saturated heterocycles. The smallest absolute Gasteiger partial charge is 0.174 e. The second kappa shape index (κ2) is 7.56. The molecule has 5 nitrogen and oxygen atoms in total. The standard InChI is InChI=1S/C15H23N3O2S/c1-19-11-9-15(7-3-4-8-15)18-14(21)17-13-12(20-2)6-5-10-16-13/h5-6,10H,3-4,7-9,11H2,1-2H3,(H2,16,17,18,21). The number of methoxy groups -OCH3 is 2. The summed E-state index contributed by atoms with van der Waals surface area (Å²) in [6, 6.07) is 3.69. The highest BCUT2D eigenvalue weighted by Gasteiger charge is 2.34. The molecule has 21 heavy (non-hydrogen) atoms. The summed E-state index contributed by atoms with van der Waals surface area (Å²) in [4.78, 5) is 4.26. The van der Waals surface area contributed by atoms with Gasteiger partial charge in [-0.2, -0.15) is 0 Å². The molecule has 1 aliphatic rings. The van der Waals surface area contributed by atoms with Crippen molar-refractivity contribution in [2.75, 3.05) is 26.1 Å². The van der Waals surface area contributed by atoms with Crippen molar-refractivity contribution in [1.29, 1.82) is 0 Å². The van der Waals surface area contributed by atoms with Gasteiger partial charge in [-0.1, -0.05) is 12.8 Å². The van der Waals surface area contributed by atoms with Gasteiger partial charge in [-0.3, -0.25) is 0 Å². The molecule has 1 aliphatic carbocycles. The number of nitrogens with one attached hydrogen (secondary N) is 2. The number of thiocarbonyl (C=S) groups is 1. The van der Waals surface area contributed by atoms with Crippen molar-refractivity contribution in [3.05, 3.63) is 18.3 Å². The van der Waals surface area contributed by atoms with Crippen LogP contribution in [0.25, 0.3) is 0 Å². The third kappa shape index (κ3) is 4.28. The minimum absolute atomic E-state index is 0.0438. The lowest BCUT2D eigenvalue weighted by Gasteiger charge is -2.31. The normalized spacial score (nSPS) is 16.5. The summed E-state index contributed by atoms with van der Waals surface area (Å²) in [6.45, 7) is 0.739. The Hall–Kier alpha value is -1.40. The van der Waals surface area contributed by atoms with Gasteiger partial charge in [0.25, 0.3) is 0 Å². The van der Waals surface area contributed by atoms with Crippen molar-refractivity contribution in [1.82, 2.24) is 10.3 Å². The van der Waals surface area contributed by atoms with Gasteiger partial charge in [0.05, 0.1) is 7.11 Å². The van der Waals surface area contributed by atoms with Crippen LogP contribution in [-0.2, 0) is 4.74 Å². The second-order valence-electron chi connectivity index (χ2n) is 5.36. The zero-order chi connectivity index (χ0) is 15.1. The van der Waals surface area contributed by atoms with E-state index in [9.17, 15) is 0 Å². The molecule has 0 amide bonds. The quantitative estimate of drug-likeness (QED) is 0.788. The maximum atomic E-state index is 5.44. The van der Waals surface area contributed by atoms with E-state index < -0.39 is 0 Å². The van der Waals surface area contributed by atoms with E-state index in [0.29, 0.717) is 16.7 Å². The Morgan fingerprint density at radius 3 is 2.81 bits per heavy atom. The van der Waals surface area contributed by atoms with E-state index in [1.807, 2.05) is 12.1 Å². The van der Waals surface area contributed by atoms with Crippen molar-refractivity contribution in [2.45, 2.75) is 37.6 Å². The Morgan fingerprint density at radius 2 is 2.14 bits per heavy atom. The molecule has 1 saturated carbocycles. The Labute approximate surface area is 131 Å². The molecule has 0 bridgehead atoms. The van der Waals surface area contributed by atoms with Crippen LogP contribution in [0.4, 0.5) is 5.82 Å². The number of nitrogens with zero attached hydrogens (tertiary/aromatic N) is 1. The Morgan fingerprint density at radius 1 is 1.38 bits per heavy atom. The Balaban J connectivity index is 1.99. The summed E-state index contributed by atoms with van der Waals surface area (Å²) in [5, 5.41) is 7.19. The lowest BCUT2D eigenvalue weighted by molar-refractivity contribution is 0.163. The van der Waals surface area contributed by atoms with Crippen molar-refractivity contribution in [3.63, 3.8) is 0 Å². The third-order valence-corrected chi connectivity index (χ3v) is 4.15. The molecule has 1 aromatic heterocycles. The fourth-order valence-corrected chi connectivity index (χ4v) is 3.13. The van der Waals surface area contributed by atoms with E-state index in [0.717, 1.165) is 25.9 Å². The molecule has 0 aromatic carbocycles.